The molecule has 3 N–H and O–H groups in total. The second kappa shape index (κ2) is 14.3. The molecule has 1 aliphatic rings. The Morgan fingerprint density at radius 3 is 2.67 bits per heavy atom. The van der Waals surface area contributed by atoms with E-state index in [0.29, 0.717) is 33.4 Å². The van der Waals surface area contributed by atoms with E-state index in [0.717, 1.165) is 7.11 Å². The van der Waals surface area contributed by atoms with E-state index < -0.39 is 42.0 Å². The number of carbonyl (C=O) groups is 3. The van der Waals surface area contributed by atoms with E-state index in [4.69, 9.17) is 16.3 Å². The van der Waals surface area contributed by atoms with E-state index in [1.807, 2.05) is 0 Å². The Kier molecular flexibility index (Phi) is 10.1. The fourth-order valence-electron chi connectivity index (χ4n) is 5.42. The van der Waals surface area contributed by atoms with Crippen LogP contribution in [0.1, 0.15) is 48.7 Å². The number of carbonyl (C=O) groups excluding carboxylic acids is 3. The Morgan fingerprint density at radius 2 is 1.96 bits per heavy atom. The van der Waals surface area contributed by atoms with Gasteiger partial charge in [-0.2, -0.15) is 17.9 Å². The minimum absolute atomic E-state index is 0.0770. The first-order chi connectivity index (χ1) is 22.9. The number of halogens is 4. The first-order valence-electron chi connectivity index (χ1n) is 14.6. The number of benzene rings is 2. The molecule has 1 amide bonds. The van der Waals surface area contributed by atoms with Crippen LogP contribution < -0.4 is 10.6 Å². The summed E-state index contributed by atoms with van der Waals surface area (Å²) in [5.41, 5.74) is -1.20. The van der Waals surface area contributed by atoms with E-state index in [-0.39, 0.29) is 36.9 Å². The number of ether oxygens (including phenoxy) is 2. The highest BCUT2D eigenvalue weighted by Crippen LogP contribution is 2.42. The van der Waals surface area contributed by atoms with Crippen LogP contribution in [0.2, 0.25) is 5.02 Å². The zero-order chi connectivity index (χ0) is 34.5. The van der Waals surface area contributed by atoms with Gasteiger partial charge >= 0.3 is 18.1 Å². The molecule has 0 aliphatic carbocycles. The predicted molar refractivity (Wildman–Crippen MR) is 167 cm³/mol. The molecule has 5 rings (SSSR count). The van der Waals surface area contributed by atoms with Crippen LogP contribution in [0.4, 0.5) is 18.9 Å². The standard InChI is InChI=1S/C31H30ClF3N8O5/c1-47-27(45)14-18-6-9-21-23(13-18)40-30(29(46)48-2,31(33,34)35)12-4-3-5-22(28-36-16-24(21)39-28)38-26(44)11-7-19-15-20(32)8-10-25(19)43-17-37-41-42-43/h6-11,13,15-17,22,40H,3-5,12,14H2,1-2H3,(H,36,39)(H,38,44)/b11-7+/t22-,30?/m0/s1. The molecule has 3 heterocycles. The van der Waals surface area contributed by atoms with Crippen molar-refractivity contribution in [2.24, 2.45) is 0 Å². The number of aromatic amines is 1. The highest BCUT2D eigenvalue weighted by Gasteiger charge is 2.61. The third-order valence-corrected chi connectivity index (χ3v) is 8.09. The smallest absolute Gasteiger partial charge is 0.422 e. The third-order valence-electron chi connectivity index (χ3n) is 7.85. The number of fused-ring (bicyclic) bond motifs is 4. The lowest BCUT2D eigenvalue weighted by atomic mass is 9.89. The van der Waals surface area contributed by atoms with Gasteiger partial charge in [0, 0.05) is 27.9 Å². The van der Waals surface area contributed by atoms with Gasteiger partial charge in [0.2, 0.25) is 11.4 Å². The van der Waals surface area contributed by atoms with Crippen LogP contribution in [0, 0.1) is 0 Å². The zero-order valence-corrected chi connectivity index (χ0v) is 26.4. The Balaban J connectivity index is 1.49. The van der Waals surface area contributed by atoms with Gasteiger partial charge in [0.15, 0.2) is 0 Å². The molecule has 0 radical (unpaired) electrons. The molecule has 48 heavy (non-hydrogen) atoms. The molecule has 1 aliphatic heterocycles. The lowest BCUT2D eigenvalue weighted by Crippen LogP contribution is -2.58. The molecule has 2 bridgehead atoms. The van der Waals surface area contributed by atoms with Crippen molar-refractivity contribution in [3.63, 3.8) is 0 Å². The van der Waals surface area contributed by atoms with Crippen LogP contribution in [0.5, 0.6) is 0 Å². The van der Waals surface area contributed by atoms with E-state index in [2.05, 4.69) is 40.9 Å². The summed E-state index contributed by atoms with van der Waals surface area (Å²) in [4.78, 5) is 45.6. The van der Waals surface area contributed by atoms with Crippen LogP contribution >= 0.6 is 11.6 Å². The molecular formula is C31H30ClF3N8O5. The second-order valence-electron chi connectivity index (χ2n) is 10.9. The summed E-state index contributed by atoms with van der Waals surface area (Å²) in [6.07, 6.45) is -0.0413. The summed E-state index contributed by atoms with van der Waals surface area (Å²) in [7, 11) is 2.08. The maximum absolute atomic E-state index is 14.9. The highest BCUT2D eigenvalue weighted by molar-refractivity contribution is 6.30. The van der Waals surface area contributed by atoms with Crippen molar-refractivity contribution in [3.8, 4) is 16.9 Å². The summed E-state index contributed by atoms with van der Waals surface area (Å²) in [5.74, 6) is -2.26. The molecule has 0 spiro atoms. The summed E-state index contributed by atoms with van der Waals surface area (Å²) >= 11 is 6.18. The van der Waals surface area contributed by atoms with Gasteiger partial charge in [0.05, 0.1) is 44.3 Å². The lowest BCUT2D eigenvalue weighted by molar-refractivity contribution is -0.200. The third kappa shape index (κ3) is 7.33. The van der Waals surface area contributed by atoms with Crippen molar-refractivity contribution < 1.29 is 37.0 Å². The number of aromatic nitrogens is 6. The van der Waals surface area contributed by atoms with E-state index >= 15 is 0 Å². The number of tetrazole rings is 1. The fraction of sp³-hybridized carbons (Fsp3) is 0.323. The number of nitrogens with zero attached hydrogens (tertiary/aromatic N) is 5. The Hall–Kier alpha value is -5.25. The average Bonchev–Trinajstić information content (AvgIpc) is 3.77. The maximum Gasteiger partial charge on any atom is 0.422 e. The van der Waals surface area contributed by atoms with Crippen LogP contribution in [0.3, 0.4) is 0 Å². The molecule has 0 fully saturated rings. The molecule has 1 unspecified atom stereocenters. The van der Waals surface area contributed by atoms with E-state index in [1.165, 1.54) is 48.6 Å². The molecule has 2 aromatic heterocycles. The number of rotatable bonds is 7. The van der Waals surface area contributed by atoms with Crippen LogP contribution in [0.25, 0.3) is 23.0 Å². The largest absolute Gasteiger partial charge is 0.469 e. The van der Waals surface area contributed by atoms with E-state index in [9.17, 15) is 27.6 Å². The SMILES string of the molecule is COC(=O)Cc1ccc2c(c1)NC(C(=O)OC)(C(F)(F)F)CCCC[C@H](NC(=O)/C=C/c1cc(Cl)ccc1-n1cnnn1)c1ncc-2[nH]1. The number of hydrogen-bond acceptors (Lipinski definition) is 10. The van der Waals surface area contributed by atoms with Crippen molar-refractivity contribution in [2.75, 3.05) is 19.5 Å². The van der Waals surface area contributed by atoms with Gasteiger partial charge in [-0.15, -0.1) is 5.10 Å². The lowest BCUT2D eigenvalue weighted by Gasteiger charge is -2.35. The van der Waals surface area contributed by atoms with Crippen molar-refractivity contribution in [1.29, 1.82) is 0 Å². The molecule has 4 aromatic rings. The maximum atomic E-state index is 14.9. The quantitative estimate of drug-likeness (QED) is 0.182. The monoisotopic (exact) mass is 686 g/mol. The first-order valence-corrected chi connectivity index (χ1v) is 15.0. The number of methoxy groups -OCH3 is 2. The average molecular weight is 687 g/mol. The molecule has 2 aromatic carbocycles. The summed E-state index contributed by atoms with van der Waals surface area (Å²) < 4.78 is 55.3. The number of alkyl halides is 3. The Bertz CT molecular complexity index is 1830. The molecule has 252 valence electrons. The van der Waals surface area contributed by atoms with Crippen LogP contribution in [-0.2, 0) is 30.3 Å². The van der Waals surface area contributed by atoms with Gasteiger partial charge in [-0.1, -0.05) is 36.6 Å². The topological polar surface area (TPSA) is 166 Å². The number of anilines is 1. The van der Waals surface area contributed by atoms with Crippen molar-refractivity contribution in [2.45, 2.75) is 49.9 Å². The second-order valence-corrected chi connectivity index (χ2v) is 11.4. The van der Waals surface area contributed by atoms with Crippen LogP contribution in [-0.4, -0.2) is 74.0 Å². The van der Waals surface area contributed by atoms with Gasteiger partial charge < -0.3 is 25.1 Å². The number of imidazole rings is 1. The molecule has 0 saturated heterocycles. The van der Waals surface area contributed by atoms with E-state index in [1.54, 1.807) is 24.3 Å². The number of amides is 1. The normalized spacial score (nSPS) is 18.2. The number of H-pyrrole nitrogens is 1. The minimum Gasteiger partial charge on any atom is -0.469 e. The summed E-state index contributed by atoms with van der Waals surface area (Å²) in [6.45, 7) is 0. The minimum atomic E-state index is -5.07. The van der Waals surface area contributed by atoms with Gasteiger partial charge in [-0.05, 0) is 59.2 Å². The fourth-order valence-corrected chi connectivity index (χ4v) is 5.60. The summed E-state index contributed by atoms with van der Waals surface area (Å²) in [6, 6.07) is 8.65. The molecule has 0 saturated carbocycles. The molecular weight excluding hydrogens is 657 g/mol. The van der Waals surface area contributed by atoms with Crippen LogP contribution in [0.15, 0.2) is 55.0 Å². The van der Waals surface area contributed by atoms with Crippen molar-refractivity contribution >= 4 is 41.2 Å². The van der Waals surface area contributed by atoms with Gasteiger partial charge in [0.25, 0.3) is 0 Å². The zero-order valence-electron chi connectivity index (χ0n) is 25.7. The number of nitrogens with one attached hydrogen (secondary N) is 3. The Morgan fingerprint density at radius 1 is 1.15 bits per heavy atom. The summed E-state index contributed by atoms with van der Waals surface area (Å²) in [5, 5.41) is 16.9. The first kappa shape index (κ1) is 34.1. The van der Waals surface area contributed by atoms with Crippen molar-refractivity contribution in [3.05, 3.63) is 77.0 Å². The molecule has 17 heteroatoms. The highest BCUT2D eigenvalue weighted by atomic mass is 35.5. The number of hydrogen-bond donors (Lipinski definition) is 3. The van der Waals surface area contributed by atoms with Gasteiger partial charge in [-0.25, -0.2) is 9.78 Å². The van der Waals surface area contributed by atoms with Gasteiger partial charge in [-0.3, -0.25) is 9.59 Å². The van der Waals surface area contributed by atoms with Crippen molar-refractivity contribution in [1.82, 2.24) is 35.5 Å². The number of esters is 2. The predicted octanol–water partition coefficient (Wildman–Crippen LogP) is 4.75. The molecule has 13 nitrogen and oxygen atoms in total. The Labute approximate surface area is 276 Å². The molecule has 2 atom stereocenters. The van der Waals surface area contributed by atoms with Gasteiger partial charge in [0.1, 0.15) is 12.2 Å².